The lowest BCUT2D eigenvalue weighted by Crippen LogP contribution is -2.39. The minimum atomic E-state index is -2.09. The first-order valence-corrected chi connectivity index (χ1v) is 16.4. The summed E-state index contributed by atoms with van der Waals surface area (Å²) < 4.78 is 9.79. The van der Waals surface area contributed by atoms with Gasteiger partial charge in [-0.2, -0.15) is 0 Å². The van der Waals surface area contributed by atoms with Crippen LogP contribution in [-0.2, 0) is 20.4 Å². The lowest BCUT2D eigenvalue weighted by Gasteiger charge is -2.31. The predicted octanol–water partition coefficient (Wildman–Crippen LogP) is 9.02. The molecule has 2 unspecified atom stereocenters. The van der Waals surface area contributed by atoms with E-state index in [2.05, 4.69) is 80.2 Å². The second-order valence-corrected chi connectivity index (χ2v) is 14.5. The topological polar surface area (TPSA) is 93.7 Å². The van der Waals surface area contributed by atoms with Gasteiger partial charge in [0, 0.05) is 16.8 Å². The van der Waals surface area contributed by atoms with Crippen molar-refractivity contribution in [2.24, 2.45) is 0 Å². The van der Waals surface area contributed by atoms with Crippen LogP contribution in [0.3, 0.4) is 0 Å². The van der Waals surface area contributed by atoms with Gasteiger partial charge in [-0.1, -0.05) is 90.4 Å². The molecular formula is C36H44BrClN2O5. The van der Waals surface area contributed by atoms with Crippen LogP contribution < -0.4 is 20.1 Å². The quantitative estimate of drug-likeness (QED) is 0.0995. The number of amides is 2. The highest BCUT2D eigenvalue weighted by molar-refractivity contribution is 9.11. The Morgan fingerprint density at radius 1 is 0.844 bits per heavy atom. The number of nitrogens with one attached hydrogen (secondary N) is 2. The first kappa shape index (κ1) is 36.1. The fourth-order valence-electron chi connectivity index (χ4n) is 4.63. The van der Waals surface area contributed by atoms with Gasteiger partial charge < -0.3 is 20.1 Å². The summed E-state index contributed by atoms with van der Waals surface area (Å²) in [4.78, 5) is 40.0. The lowest BCUT2D eigenvalue weighted by molar-refractivity contribution is -0.123. The molecule has 242 valence electrons. The molecule has 2 N–H and O–H groups in total. The predicted molar refractivity (Wildman–Crippen MR) is 186 cm³/mol. The molecule has 3 rings (SSSR count). The number of hydrogen-bond acceptors (Lipinski definition) is 5. The van der Waals surface area contributed by atoms with E-state index in [1.807, 2.05) is 13.0 Å². The van der Waals surface area contributed by atoms with Crippen molar-refractivity contribution < 1.29 is 23.9 Å². The summed E-state index contributed by atoms with van der Waals surface area (Å²) >= 11 is 9.55. The molecule has 0 heterocycles. The number of ether oxygens (including phenoxy) is 2. The molecule has 0 aliphatic rings. The third kappa shape index (κ3) is 8.47. The zero-order valence-corrected chi connectivity index (χ0v) is 29.7. The van der Waals surface area contributed by atoms with Crippen LogP contribution in [0.2, 0.25) is 0 Å². The number of benzene rings is 3. The highest BCUT2D eigenvalue weighted by atomic mass is 79.9. The summed E-state index contributed by atoms with van der Waals surface area (Å²) in [7, 11) is 1.46. The third-order valence-corrected chi connectivity index (χ3v) is 9.58. The molecular weight excluding hydrogens is 656 g/mol. The van der Waals surface area contributed by atoms with Crippen molar-refractivity contribution in [2.45, 2.75) is 88.4 Å². The van der Waals surface area contributed by atoms with E-state index in [-0.39, 0.29) is 22.1 Å². The van der Waals surface area contributed by atoms with Gasteiger partial charge in [0.05, 0.1) is 12.8 Å². The Morgan fingerprint density at radius 3 is 2.04 bits per heavy atom. The average Bonchev–Trinajstić information content (AvgIpc) is 3.03. The van der Waals surface area contributed by atoms with Crippen LogP contribution in [0.5, 0.6) is 11.5 Å². The number of rotatable bonds is 14. The number of ketones is 1. The van der Waals surface area contributed by atoms with Crippen molar-refractivity contribution in [3.8, 4) is 11.5 Å². The lowest BCUT2D eigenvalue weighted by atomic mass is 9.76. The number of carbonyl (C=O) groups is 3. The van der Waals surface area contributed by atoms with Crippen molar-refractivity contribution in [1.82, 2.24) is 0 Å². The highest BCUT2D eigenvalue weighted by Crippen LogP contribution is 2.39. The van der Waals surface area contributed by atoms with E-state index < -0.39 is 27.5 Å². The van der Waals surface area contributed by atoms with Crippen LogP contribution >= 0.6 is 27.5 Å². The monoisotopic (exact) mass is 698 g/mol. The number of methoxy groups -OCH3 is 1. The average molecular weight is 700 g/mol. The molecule has 7 nitrogen and oxygen atoms in total. The molecule has 0 bridgehead atoms. The Kier molecular flexibility index (Phi) is 11.9. The first-order valence-electron chi connectivity index (χ1n) is 15.2. The highest BCUT2D eigenvalue weighted by Gasteiger charge is 2.42. The molecule has 0 aromatic heterocycles. The van der Waals surface area contributed by atoms with Crippen molar-refractivity contribution >= 4 is 56.5 Å². The van der Waals surface area contributed by atoms with Crippen molar-refractivity contribution in [2.75, 3.05) is 17.7 Å². The summed E-state index contributed by atoms with van der Waals surface area (Å²) in [6, 6.07) is 19.4. The molecule has 0 saturated carbocycles. The Hall–Kier alpha value is -3.36. The molecule has 0 saturated heterocycles. The maximum atomic E-state index is 13.6. The molecule has 0 aliphatic carbocycles. The number of para-hydroxylation sites is 1. The maximum Gasteiger partial charge on any atom is 0.265 e. The molecule has 45 heavy (non-hydrogen) atoms. The van der Waals surface area contributed by atoms with Gasteiger partial charge in [0.2, 0.25) is 9.57 Å². The Balaban J connectivity index is 1.88. The Morgan fingerprint density at radius 2 is 1.47 bits per heavy atom. The minimum Gasteiger partial charge on any atom is -0.495 e. The Bertz CT molecular complexity index is 1520. The molecule has 9 heteroatoms. The molecule has 0 radical (unpaired) electrons. The fourth-order valence-corrected chi connectivity index (χ4v) is 5.11. The largest absolute Gasteiger partial charge is 0.495 e. The molecule has 3 aromatic carbocycles. The van der Waals surface area contributed by atoms with Crippen LogP contribution in [-0.4, -0.2) is 34.6 Å². The SMILES string of the molecule is CCC(Oc1ccc(C(C)(C)CC)cc1C(C)(C)CC)C(=O)Nc1cc(C(=O)C(Cl)(Br)C(=O)Nc2ccccc2)ccc1OC. The van der Waals surface area contributed by atoms with Gasteiger partial charge in [-0.3, -0.25) is 14.4 Å². The second kappa shape index (κ2) is 14.8. The number of Topliss-reactive ketones (excluding diaryl/α,β-unsaturated/α-hetero) is 1. The van der Waals surface area contributed by atoms with E-state index in [1.165, 1.54) is 30.9 Å². The smallest absolute Gasteiger partial charge is 0.265 e. The van der Waals surface area contributed by atoms with Gasteiger partial charge in [-0.15, -0.1) is 0 Å². The van der Waals surface area contributed by atoms with E-state index in [4.69, 9.17) is 21.1 Å². The first-order chi connectivity index (χ1) is 21.1. The molecule has 3 aromatic rings. The zero-order valence-electron chi connectivity index (χ0n) is 27.3. The normalized spacial score (nSPS) is 13.7. The fraction of sp³-hybridized carbons (Fsp3) is 0.417. The summed E-state index contributed by atoms with van der Waals surface area (Å²) in [6.07, 6.45) is 1.44. The van der Waals surface area contributed by atoms with Crippen LogP contribution in [0.25, 0.3) is 0 Å². The van der Waals surface area contributed by atoms with E-state index in [0.29, 0.717) is 23.6 Å². The van der Waals surface area contributed by atoms with Gasteiger partial charge >= 0.3 is 0 Å². The summed E-state index contributed by atoms with van der Waals surface area (Å²) in [5.41, 5.74) is 2.90. The Labute approximate surface area is 280 Å². The molecule has 2 amide bonds. The van der Waals surface area contributed by atoms with Crippen LogP contribution in [0.1, 0.15) is 89.2 Å². The summed E-state index contributed by atoms with van der Waals surface area (Å²) in [5.74, 6) is -0.874. The van der Waals surface area contributed by atoms with E-state index in [0.717, 1.165) is 18.4 Å². The number of anilines is 2. The number of carbonyl (C=O) groups excluding carboxylic acids is 3. The van der Waals surface area contributed by atoms with Gasteiger partial charge in [0.25, 0.3) is 11.8 Å². The number of alkyl halides is 2. The maximum absolute atomic E-state index is 13.6. The van der Waals surface area contributed by atoms with Crippen LogP contribution in [0.4, 0.5) is 11.4 Å². The zero-order chi connectivity index (χ0) is 33.6. The number of hydrogen-bond donors (Lipinski definition) is 2. The van der Waals surface area contributed by atoms with Gasteiger partial charge in [0.1, 0.15) is 11.5 Å². The number of halogens is 2. The van der Waals surface area contributed by atoms with Crippen LogP contribution in [0.15, 0.2) is 66.7 Å². The van der Waals surface area contributed by atoms with E-state index in [9.17, 15) is 14.4 Å². The van der Waals surface area contributed by atoms with Crippen molar-refractivity contribution in [3.63, 3.8) is 0 Å². The molecule has 0 spiro atoms. The van der Waals surface area contributed by atoms with Gasteiger partial charge in [0.15, 0.2) is 6.10 Å². The molecule has 0 fully saturated rings. The third-order valence-electron chi connectivity index (χ3n) is 8.51. The van der Waals surface area contributed by atoms with Gasteiger partial charge in [-0.25, -0.2) is 0 Å². The summed E-state index contributed by atoms with van der Waals surface area (Å²) in [5, 5.41) is 5.50. The van der Waals surface area contributed by atoms with E-state index in [1.54, 1.807) is 30.3 Å². The van der Waals surface area contributed by atoms with Crippen molar-refractivity contribution in [1.29, 1.82) is 0 Å². The van der Waals surface area contributed by atoms with Gasteiger partial charge in [-0.05, 0) is 88.0 Å². The minimum absolute atomic E-state index is 0.00436. The molecule has 2 atom stereocenters. The summed E-state index contributed by atoms with van der Waals surface area (Å²) in [6.45, 7) is 15.0. The van der Waals surface area contributed by atoms with E-state index >= 15 is 0 Å². The standard InChI is InChI=1S/C36H44BrClN2O5/c1-9-28(45-29-20-18-24(34(4,5)10-2)22-26(29)35(6,7)11-3)32(42)40-27-21-23(17-19-30(27)44-8)31(41)36(37,38)33(43)39-25-15-13-12-14-16-25/h12-22,28H,9-11H2,1-8H3,(H,39,43)(H,40,42). The second-order valence-electron chi connectivity index (χ2n) is 12.3. The van der Waals surface area contributed by atoms with Crippen LogP contribution in [0, 0.1) is 0 Å². The molecule has 0 aliphatic heterocycles. The van der Waals surface area contributed by atoms with Crippen molar-refractivity contribution in [3.05, 3.63) is 83.4 Å².